The van der Waals surface area contributed by atoms with Crippen molar-refractivity contribution in [2.75, 3.05) is 0 Å². The summed E-state index contributed by atoms with van der Waals surface area (Å²) in [6, 6.07) is 15.1. The molecule has 0 fully saturated rings. The number of halogens is 1. The highest BCUT2D eigenvalue weighted by atomic mass is 35.5. The number of aromatic nitrogens is 2. The number of benzene rings is 2. The number of H-pyrrole nitrogens is 1. The normalized spacial score (nSPS) is 11.3. The van der Waals surface area contributed by atoms with Crippen LogP contribution in [-0.2, 0) is 5.75 Å². The van der Waals surface area contributed by atoms with Crippen molar-refractivity contribution in [3.63, 3.8) is 0 Å². The fourth-order valence-corrected chi connectivity index (χ4v) is 3.44. The lowest BCUT2D eigenvalue weighted by molar-refractivity contribution is 0.658. The second-order valence-corrected chi connectivity index (χ2v) is 6.47. The van der Waals surface area contributed by atoms with Crippen molar-refractivity contribution in [3.8, 4) is 0 Å². The summed E-state index contributed by atoms with van der Waals surface area (Å²) < 4.78 is 5.58. The second kappa shape index (κ2) is 5.76. The van der Waals surface area contributed by atoms with Crippen LogP contribution in [0.1, 0.15) is 5.56 Å². The highest BCUT2D eigenvalue weighted by Crippen LogP contribution is 2.27. The molecule has 2 aromatic heterocycles. The van der Waals surface area contributed by atoms with E-state index in [2.05, 4.69) is 9.97 Å². The van der Waals surface area contributed by atoms with Gasteiger partial charge in [-0.05, 0) is 29.8 Å². The van der Waals surface area contributed by atoms with Crippen molar-refractivity contribution in [1.29, 1.82) is 0 Å². The number of aromatic amines is 1. The van der Waals surface area contributed by atoms with Crippen LogP contribution < -0.4 is 5.56 Å². The van der Waals surface area contributed by atoms with Crippen molar-refractivity contribution in [2.24, 2.45) is 0 Å². The third-order valence-electron chi connectivity index (χ3n) is 3.47. The molecule has 4 rings (SSSR count). The molecule has 0 amide bonds. The van der Waals surface area contributed by atoms with Crippen LogP contribution in [0, 0.1) is 0 Å². The number of hydrogen-bond donors (Lipinski definition) is 1. The van der Waals surface area contributed by atoms with Crippen LogP contribution in [0.15, 0.2) is 62.9 Å². The molecular formula is C17H11ClN2O2S. The van der Waals surface area contributed by atoms with Crippen LogP contribution in [0.5, 0.6) is 0 Å². The summed E-state index contributed by atoms with van der Waals surface area (Å²) in [5, 5.41) is 2.10. The van der Waals surface area contributed by atoms with E-state index in [0.29, 0.717) is 27.0 Å². The van der Waals surface area contributed by atoms with E-state index in [-0.39, 0.29) is 11.1 Å². The van der Waals surface area contributed by atoms with Crippen LogP contribution in [0.4, 0.5) is 0 Å². The standard InChI is InChI=1S/C17H11ClN2O2S/c18-11-5-3-4-10(8-11)9-23-17-19-14-12-6-1-2-7-13(12)22-15(14)16(21)20-17/h1-8H,9H2,(H,19,20,21). The highest BCUT2D eigenvalue weighted by molar-refractivity contribution is 7.98. The lowest BCUT2D eigenvalue weighted by Crippen LogP contribution is -2.07. The minimum absolute atomic E-state index is 0.262. The Balaban J connectivity index is 1.73. The average molecular weight is 343 g/mol. The lowest BCUT2D eigenvalue weighted by Gasteiger charge is -2.02. The Bertz CT molecular complexity index is 1070. The fraction of sp³-hybridized carbons (Fsp3) is 0.0588. The Labute approximate surface area is 140 Å². The molecule has 0 atom stereocenters. The summed E-state index contributed by atoms with van der Waals surface area (Å²) in [7, 11) is 0. The van der Waals surface area contributed by atoms with Crippen molar-refractivity contribution in [2.45, 2.75) is 10.9 Å². The van der Waals surface area contributed by atoms with Gasteiger partial charge >= 0.3 is 0 Å². The number of thioether (sulfide) groups is 1. The van der Waals surface area contributed by atoms with E-state index in [1.165, 1.54) is 11.8 Å². The largest absolute Gasteiger partial charge is 0.449 e. The first-order chi connectivity index (χ1) is 11.2. The van der Waals surface area contributed by atoms with Gasteiger partial charge in [0.2, 0.25) is 5.58 Å². The monoisotopic (exact) mass is 342 g/mol. The SMILES string of the molecule is O=c1[nH]c(SCc2cccc(Cl)c2)nc2c1oc1ccccc12. The van der Waals surface area contributed by atoms with Gasteiger partial charge in [-0.25, -0.2) is 4.98 Å². The van der Waals surface area contributed by atoms with Crippen LogP contribution >= 0.6 is 23.4 Å². The zero-order valence-corrected chi connectivity index (χ0v) is 13.4. The molecule has 0 unspecified atom stereocenters. The Morgan fingerprint density at radius 2 is 2.04 bits per heavy atom. The molecule has 1 N–H and O–H groups in total. The molecule has 0 saturated heterocycles. The van der Waals surface area contributed by atoms with Gasteiger partial charge in [-0.15, -0.1) is 0 Å². The Kier molecular flexibility index (Phi) is 3.59. The predicted molar refractivity (Wildman–Crippen MR) is 93.1 cm³/mol. The zero-order valence-electron chi connectivity index (χ0n) is 11.9. The summed E-state index contributed by atoms with van der Waals surface area (Å²) >= 11 is 7.44. The van der Waals surface area contributed by atoms with Crippen LogP contribution in [0.3, 0.4) is 0 Å². The average Bonchev–Trinajstić information content (AvgIpc) is 2.93. The van der Waals surface area contributed by atoms with E-state index >= 15 is 0 Å². The van der Waals surface area contributed by atoms with Gasteiger partial charge in [0.1, 0.15) is 11.1 Å². The number of furan rings is 1. The van der Waals surface area contributed by atoms with E-state index in [1.807, 2.05) is 48.5 Å². The lowest BCUT2D eigenvalue weighted by atomic mass is 10.2. The van der Waals surface area contributed by atoms with E-state index < -0.39 is 0 Å². The third-order valence-corrected chi connectivity index (χ3v) is 4.65. The van der Waals surface area contributed by atoms with E-state index in [9.17, 15) is 4.79 Å². The minimum atomic E-state index is -0.264. The topological polar surface area (TPSA) is 58.9 Å². The Morgan fingerprint density at radius 1 is 1.17 bits per heavy atom. The maximum absolute atomic E-state index is 12.2. The first kappa shape index (κ1) is 14.4. The van der Waals surface area contributed by atoms with Crippen LogP contribution in [0.25, 0.3) is 22.1 Å². The molecule has 4 nitrogen and oxygen atoms in total. The molecule has 0 aliphatic carbocycles. The molecular weight excluding hydrogens is 332 g/mol. The minimum Gasteiger partial charge on any atom is -0.449 e. The second-order valence-electron chi connectivity index (χ2n) is 5.07. The van der Waals surface area contributed by atoms with Gasteiger partial charge in [0, 0.05) is 16.2 Å². The molecule has 2 aromatic carbocycles. The molecule has 0 saturated carbocycles. The Hall–Kier alpha value is -2.24. The van der Waals surface area contributed by atoms with Gasteiger partial charge < -0.3 is 4.42 Å². The van der Waals surface area contributed by atoms with Crippen molar-refractivity contribution < 1.29 is 4.42 Å². The summed E-state index contributed by atoms with van der Waals surface area (Å²) in [6.45, 7) is 0. The number of para-hydroxylation sites is 1. The summed E-state index contributed by atoms with van der Waals surface area (Å²) in [4.78, 5) is 19.5. The van der Waals surface area contributed by atoms with Gasteiger partial charge in [-0.2, -0.15) is 0 Å². The molecule has 6 heteroatoms. The summed E-state index contributed by atoms with van der Waals surface area (Å²) in [5.74, 6) is 0.671. The molecule has 0 bridgehead atoms. The van der Waals surface area contributed by atoms with Gasteiger partial charge in [0.05, 0.1) is 0 Å². The number of nitrogens with one attached hydrogen (secondary N) is 1. The Morgan fingerprint density at radius 3 is 2.91 bits per heavy atom. The maximum Gasteiger partial charge on any atom is 0.295 e. The van der Waals surface area contributed by atoms with Crippen molar-refractivity contribution in [3.05, 3.63) is 69.5 Å². The predicted octanol–water partition coefficient (Wildman–Crippen LogP) is 4.62. The molecule has 0 aliphatic rings. The first-order valence-electron chi connectivity index (χ1n) is 6.99. The molecule has 4 aromatic rings. The number of rotatable bonds is 3. The van der Waals surface area contributed by atoms with Crippen molar-refractivity contribution in [1.82, 2.24) is 9.97 Å². The molecule has 0 spiro atoms. The molecule has 0 radical (unpaired) electrons. The number of hydrogen-bond acceptors (Lipinski definition) is 4. The maximum atomic E-state index is 12.2. The van der Waals surface area contributed by atoms with Gasteiger partial charge in [0.15, 0.2) is 5.16 Å². The smallest absolute Gasteiger partial charge is 0.295 e. The van der Waals surface area contributed by atoms with Crippen LogP contribution in [0.2, 0.25) is 5.02 Å². The first-order valence-corrected chi connectivity index (χ1v) is 8.36. The quantitative estimate of drug-likeness (QED) is 0.436. The molecule has 114 valence electrons. The summed E-state index contributed by atoms with van der Waals surface area (Å²) in [6.07, 6.45) is 0. The molecule has 0 aliphatic heterocycles. The fourth-order valence-electron chi connectivity index (χ4n) is 2.43. The number of nitrogens with zero attached hydrogens (tertiary/aromatic N) is 1. The van der Waals surface area contributed by atoms with Gasteiger partial charge in [-0.3, -0.25) is 9.78 Å². The van der Waals surface area contributed by atoms with E-state index in [0.717, 1.165) is 10.9 Å². The third kappa shape index (κ3) is 2.73. The van der Waals surface area contributed by atoms with E-state index in [1.54, 1.807) is 0 Å². The van der Waals surface area contributed by atoms with Crippen LogP contribution in [-0.4, -0.2) is 9.97 Å². The zero-order chi connectivity index (χ0) is 15.8. The van der Waals surface area contributed by atoms with Gasteiger partial charge in [0.25, 0.3) is 5.56 Å². The van der Waals surface area contributed by atoms with Gasteiger partial charge in [-0.1, -0.05) is 47.6 Å². The van der Waals surface area contributed by atoms with E-state index in [4.69, 9.17) is 16.0 Å². The molecule has 2 heterocycles. The molecule has 23 heavy (non-hydrogen) atoms. The number of fused-ring (bicyclic) bond motifs is 3. The highest BCUT2D eigenvalue weighted by Gasteiger charge is 2.13. The summed E-state index contributed by atoms with van der Waals surface area (Å²) in [5.41, 5.74) is 2.33. The van der Waals surface area contributed by atoms with Crippen molar-refractivity contribution >= 4 is 45.4 Å².